The minimum Gasteiger partial charge on any atom is -0.322 e. The molecule has 0 aliphatic heterocycles. The average molecular weight is 391 g/mol. The minimum absolute atomic E-state index is 0.190. The van der Waals surface area contributed by atoms with E-state index in [0.29, 0.717) is 10.6 Å². The van der Waals surface area contributed by atoms with Crippen LogP contribution in [0.3, 0.4) is 0 Å². The molecule has 0 fully saturated rings. The maximum absolute atomic E-state index is 12.4. The fourth-order valence-electron chi connectivity index (χ4n) is 2.21. The van der Waals surface area contributed by atoms with Crippen molar-refractivity contribution in [1.82, 2.24) is 9.78 Å². The van der Waals surface area contributed by atoms with Gasteiger partial charge in [0.2, 0.25) is 0 Å². The van der Waals surface area contributed by atoms with Crippen LogP contribution in [0.1, 0.15) is 16.1 Å². The topological polar surface area (TPSA) is 46.9 Å². The van der Waals surface area contributed by atoms with Crippen molar-refractivity contribution in [2.45, 2.75) is 6.92 Å². The zero-order valence-corrected chi connectivity index (χ0v) is 14.6. The first-order chi connectivity index (χ1) is 11.0. The summed E-state index contributed by atoms with van der Waals surface area (Å²) in [4.78, 5) is 12.4. The van der Waals surface area contributed by atoms with Crippen molar-refractivity contribution in [1.29, 1.82) is 0 Å². The highest BCUT2D eigenvalue weighted by Crippen LogP contribution is 2.19. The highest BCUT2D eigenvalue weighted by atomic mass is 79.9. The number of rotatable bonds is 3. The molecule has 23 heavy (non-hydrogen) atoms. The number of aromatic nitrogens is 2. The third kappa shape index (κ3) is 3.46. The van der Waals surface area contributed by atoms with Gasteiger partial charge in [0.25, 0.3) is 5.91 Å². The zero-order valence-electron chi connectivity index (χ0n) is 12.3. The van der Waals surface area contributed by atoms with Crippen LogP contribution in [-0.2, 0) is 0 Å². The smallest absolute Gasteiger partial charge is 0.259 e. The van der Waals surface area contributed by atoms with Gasteiger partial charge in [-0.1, -0.05) is 27.5 Å². The molecule has 0 saturated heterocycles. The maximum atomic E-state index is 12.4. The normalized spacial score (nSPS) is 10.6. The number of amides is 1. The Hall–Kier alpha value is -2.11. The molecule has 0 atom stereocenters. The first-order valence-corrected chi connectivity index (χ1v) is 8.09. The third-order valence-electron chi connectivity index (χ3n) is 3.43. The van der Waals surface area contributed by atoms with Gasteiger partial charge in [-0.2, -0.15) is 5.10 Å². The lowest BCUT2D eigenvalue weighted by Gasteiger charge is -2.07. The van der Waals surface area contributed by atoms with E-state index in [-0.39, 0.29) is 5.91 Å². The van der Waals surface area contributed by atoms with Crippen LogP contribution in [0.4, 0.5) is 5.69 Å². The summed E-state index contributed by atoms with van der Waals surface area (Å²) in [6.07, 6.45) is 1.57. The second-order valence-electron chi connectivity index (χ2n) is 4.99. The van der Waals surface area contributed by atoms with Crippen LogP contribution in [0, 0.1) is 6.92 Å². The zero-order chi connectivity index (χ0) is 16.4. The van der Waals surface area contributed by atoms with E-state index in [1.54, 1.807) is 23.0 Å². The Kier molecular flexibility index (Phi) is 4.50. The number of hydrogen-bond acceptors (Lipinski definition) is 2. The second kappa shape index (κ2) is 6.56. The van der Waals surface area contributed by atoms with Gasteiger partial charge in [-0.15, -0.1) is 0 Å². The molecular weight excluding hydrogens is 378 g/mol. The van der Waals surface area contributed by atoms with Crippen molar-refractivity contribution in [2.75, 3.05) is 5.32 Å². The van der Waals surface area contributed by atoms with E-state index in [1.807, 2.05) is 43.3 Å². The molecule has 0 spiro atoms. The predicted octanol–water partition coefficient (Wildman–Crippen LogP) is 4.85. The van der Waals surface area contributed by atoms with Gasteiger partial charge in [-0.25, -0.2) is 4.68 Å². The van der Waals surface area contributed by atoms with E-state index >= 15 is 0 Å². The molecule has 3 aromatic rings. The van der Waals surface area contributed by atoms with E-state index in [2.05, 4.69) is 26.3 Å². The van der Waals surface area contributed by atoms with Crippen LogP contribution in [0.5, 0.6) is 0 Å². The van der Waals surface area contributed by atoms with E-state index < -0.39 is 0 Å². The van der Waals surface area contributed by atoms with Gasteiger partial charge in [-0.05, 0) is 55.5 Å². The average Bonchev–Trinajstić information content (AvgIpc) is 2.92. The Morgan fingerprint density at radius 2 is 1.78 bits per heavy atom. The van der Waals surface area contributed by atoms with Crippen LogP contribution < -0.4 is 5.32 Å². The van der Waals surface area contributed by atoms with Crippen molar-refractivity contribution in [3.8, 4) is 5.69 Å². The molecule has 116 valence electrons. The molecule has 1 amide bonds. The van der Waals surface area contributed by atoms with Gasteiger partial charge in [-0.3, -0.25) is 4.79 Å². The van der Waals surface area contributed by atoms with Crippen molar-refractivity contribution < 1.29 is 4.79 Å². The summed E-state index contributed by atoms with van der Waals surface area (Å²) in [7, 11) is 0. The number of nitrogens with zero attached hydrogens (tertiary/aromatic N) is 2. The third-order valence-corrected chi connectivity index (χ3v) is 4.21. The number of benzene rings is 2. The summed E-state index contributed by atoms with van der Waals surface area (Å²) in [5.74, 6) is -0.190. The summed E-state index contributed by atoms with van der Waals surface area (Å²) >= 11 is 9.27. The summed E-state index contributed by atoms with van der Waals surface area (Å²) in [6, 6.07) is 14.7. The van der Waals surface area contributed by atoms with E-state index in [9.17, 15) is 4.79 Å². The summed E-state index contributed by atoms with van der Waals surface area (Å²) in [5.41, 5.74) is 2.89. The lowest BCUT2D eigenvalue weighted by atomic mass is 10.2. The van der Waals surface area contributed by atoms with Gasteiger partial charge in [0, 0.05) is 15.2 Å². The standard InChI is InChI=1S/C17H13BrClN3O/c1-11-16(17(23)21-14-6-2-12(18)3-7-14)10-20-22(11)15-8-4-13(19)5-9-15/h2-10H,1H3,(H,21,23). The van der Waals surface area contributed by atoms with Gasteiger partial charge < -0.3 is 5.32 Å². The Morgan fingerprint density at radius 1 is 1.13 bits per heavy atom. The number of carbonyl (C=O) groups excluding carboxylic acids is 1. The van der Waals surface area contributed by atoms with Crippen molar-refractivity contribution in [3.63, 3.8) is 0 Å². The van der Waals surface area contributed by atoms with Crippen molar-refractivity contribution >= 4 is 39.1 Å². The van der Waals surface area contributed by atoms with Crippen LogP contribution in [-0.4, -0.2) is 15.7 Å². The molecular formula is C17H13BrClN3O. The Labute approximate surface area is 147 Å². The van der Waals surface area contributed by atoms with Crippen molar-refractivity contribution in [3.05, 3.63) is 75.5 Å². The fraction of sp³-hybridized carbons (Fsp3) is 0.0588. The molecule has 1 heterocycles. The molecule has 0 aliphatic carbocycles. The van der Waals surface area contributed by atoms with E-state index in [0.717, 1.165) is 21.5 Å². The van der Waals surface area contributed by atoms with Crippen LogP contribution in [0.2, 0.25) is 5.02 Å². The molecule has 0 radical (unpaired) electrons. The molecule has 0 saturated carbocycles. The Balaban J connectivity index is 1.85. The predicted molar refractivity (Wildman–Crippen MR) is 95.4 cm³/mol. The lowest BCUT2D eigenvalue weighted by molar-refractivity contribution is 0.102. The summed E-state index contributed by atoms with van der Waals surface area (Å²) < 4.78 is 2.68. The molecule has 1 aromatic heterocycles. The van der Waals surface area contributed by atoms with Crippen LogP contribution in [0.15, 0.2) is 59.2 Å². The molecule has 1 N–H and O–H groups in total. The first kappa shape index (κ1) is 15.8. The quantitative estimate of drug-likeness (QED) is 0.695. The highest BCUT2D eigenvalue weighted by molar-refractivity contribution is 9.10. The van der Waals surface area contributed by atoms with Crippen LogP contribution >= 0.6 is 27.5 Å². The Bertz CT molecular complexity index is 841. The largest absolute Gasteiger partial charge is 0.322 e. The van der Waals surface area contributed by atoms with Crippen molar-refractivity contribution in [2.24, 2.45) is 0 Å². The number of carbonyl (C=O) groups is 1. The molecule has 6 heteroatoms. The fourth-order valence-corrected chi connectivity index (χ4v) is 2.60. The number of nitrogens with one attached hydrogen (secondary N) is 1. The molecule has 4 nitrogen and oxygen atoms in total. The van der Waals surface area contributed by atoms with E-state index in [1.165, 1.54) is 0 Å². The minimum atomic E-state index is -0.190. The lowest BCUT2D eigenvalue weighted by Crippen LogP contribution is -2.13. The Morgan fingerprint density at radius 3 is 2.43 bits per heavy atom. The SMILES string of the molecule is Cc1c(C(=O)Nc2ccc(Br)cc2)cnn1-c1ccc(Cl)cc1. The molecule has 2 aromatic carbocycles. The molecule has 0 bridgehead atoms. The molecule has 3 rings (SSSR count). The number of anilines is 1. The van der Waals surface area contributed by atoms with Gasteiger partial charge in [0.1, 0.15) is 0 Å². The summed E-state index contributed by atoms with van der Waals surface area (Å²) in [6.45, 7) is 1.86. The van der Waals surface area contributed by atoms with Gasteiger partial charge >= 0.3 is 0 Å². The maximum Gasteiger partial charge on any atom is 0.259 e. The van der Waals surface area contributed by atoms with E-state index in [4.69, 9.17) is 11.6 Å². The highest BCUT2D eigenvalue weighted by Gasteiger charge is 2.15. The number of halogens is 2. The second-order valence-corrected chi connectivity index (χ2v) is 6.35. The monoisotopic (exact) mass is 389 g/mol. The van der Waals surface area contributed by atoms with Gasteiger partial charge in [0.15, 0.2) is 0 Å². The molecule has 0 unspecified atom stereocenters. The summed E-state index contributed by atoms with van der Waals surface area (Å²) in [5, 5.41) is 7.82. The number of hydrogen-bond donors (Lipinski definition) is 1. The molecule has 0 aliphatic rings. The van der Waals surface area contributed by atoms with Crippen LogP contribution in [0.25, 0.3) is 5.69 Å². The first-order valence-electron chi connectivity index (χ1n) is 6.92. The van der Waals surface area contributed by atoms with Gasteiger partial charge in [0.05, 0.1) is 23.1 Å².